The third-order valence-corrected chi connectivity index (χ3v) is 6.85. The van der Waals surface area contributed by atoms with Crippen molar-refractivity contribution in [2.24, 2.45) is 0 Å². The number of aryl methyl sites for hydroxylation is 4. The average molecular weight is 746 g/mol. The second-order valence-electron chi connectivity index (χ2n) is 8.75. The van der Waals surface area contributed by atoms with Crippen LogP contribution in [-0.4, -0.2) is 41.3 Å². The molecule has 15 heteroatoms. The van der Waals surface area contributed by atoms with Crippen LogP contribution in [0.4, 0.5) is 0 Å². The summed E-state index contributed by atoms with van der Waals surface area (Å²) in [5, 5.41) is 0.255. The lowest BCUT2D eigenvalue weighted by Crippen LogP contribution is -2.03. The van der Waals surface area contributed by atoms with Crippen molar-refractivity contribution in [3.63, 3.8) is 0 Å². The molecule has 0 atom stereocenters. The van der Waals surface area contributed by atoms with Gasteiger partial charge in [0.2, 0.25) is 26.4 Å². The van der Waals surface area contributed by atoms with Crippen LogP contribution in [0.15, 0.2) is 42.5 Å². The van der Waals surface area contributed by atoms with Gasteiger partial charge in [-0.2, -0.15) is 29.9 Å². The molecule has 0 radical (unpaired) electrons. The molecule has 0 bridgehead atoms. The molecule has 0 amide bonds. The molecule has 6 nitrogen and oxygen atoms in total. The number of hydrogen-bond acceptors (Lipinski definition) is 6. The van der Waals surface area contributed by atoms with Crippen molar-refractivity contribution in [2.75, 3.05) is 0 Å². The smallest absolute Gasteiger partial charge is 0.214 e. The molecule has 42 heavy (non-hydrogen) atoms. The SMILES string of the molecule is C.Clc1nc(Cl)nc(-c2ccc3c(c2)CCCC3)n1.Clc1nc(Cl)nc(Cl)n1.[Cl][Al]([Cl])[Cl].c1ccc2c(c1)CCCC2. The topological polar surface area (TPSA) is 77.3 Å². The first-order valence-electron chi connectivity index (χ1n) is 12.5. The van der Waals surface area contributed by atoms with Crippen LogP contribution in [-0.2, 0) is 25.7 Å². The fraction of sp³-hybridized carbons (Fsp3) is 0.333. The lowest BCUT2D eigenvalue weighted by Gasteiger charge is -2.16. The third kappa shape index (κ3) is 13.5. The third-order valence-electron chi connectivity index (χ3n) is 6.00. The molecule has 0 spiro atoms. The van der Waals surface area contributed by atoms with Crippen molar-refractivity contribution in [2.45, 2.75) is 58.8 Å². The van der Waals surface area contributed by atoms with Gasteiger partial charge in [0.15, 0.2) is 5.82 Å². The predicted molar refractivity (Wildman–Crippen MR) is 180 cm³/mol. The fourth-order valence-corrected chi connectivity index (χ4v) is 5.28. The Balaban J connectivity index is 0.000000219. The fourth-order valence-electron chi connectivity index (χ4n) is 4.31. The summed E-state index contributed by atoms with van der Waals surface area (Å²) >= 11 is 25.8. The molecular formula is C27H27AlCl8N6. The van der Waals surface area contributed by atoms with Gasteiger partial charge in [0.1, 0.15) is 0 Å². The number of hydrogen-bond donors (Lipinski definition) is 0. The molecule has 0 N–H and O–H groups in total. The molecule has 2 aliphatic rings. The number of rotatable bonds is 1. The Morgan fingerprint density at radius 3 is 1.21 bits per heavy atom. The van der Waals surface area contributed by atoms with Crippen molar-refractivity contribution in [1.82, 2.24) is 29.9 Å². The van der Waals surface area contributed by atoms with Gasteiger partial charge in [-0.3, -0.25) is 0 Å². The molecule has 2 aromatic heterocycles. The van der Waals surface area contributed by atoms with E-state index in [4.69, 9.17) is 88.2 Å². The zero-order valence-electron chi connectivity index (χ0n) is 21.5. The highest BCUT2D eigenvalue weighted by Crippen LogP contribution is 2.26. The molecule has 224 valence electrons. The predicted octanol–water partition coefficient (Wildman–Crippen LogP) is 10.4. The Morgan fingerprint density at radius 1 is 0.476 bits per heavy atom. The summed E-state index contributed by atoms with van der Waals surface area (Å²) in [6, 6.07) is 15.1. The lowest BCUT2D eigenvalue weighted by atomic mass is 9.90. The maximum Gasteiger partial charge on any atom is 0.643 e. The molecule has 0 aliphatic heterocycles. The van der Waals surface area contributed by atoms with Crippen LogP contribution in [0.2, 0.25) is 26.4 Å². The second kappa shape index (κ2) is 19.6. The van der Waals surface area contributed by atoms with E-state index >= 15 is 0 Å². The van der Waals surface area contributed by atoms with Crippen LogP contribution in [0.5, 0.6) is 0 Å². The summed E-state index contributed by atoms with van der Waals surface area (Å²) in [7, 11) is 14.8. The van der Waals surface area contributed by atoms with Crippen molar-refractivity contribution >= 4 is 99.5 Å². The Hall–Kier alpha value is -0.688. The van der Waals surface area contributed by atoms with Gasteiger partial charge in [0.25, 0.3) is 0 Å². The zero-order valence-corrected chi connectivity index (χ0v) is 28.7. The normalized spacial score (nSPS) is 12.8. The zero-order chi connectivity index (χ0) is 29.8. The Morgan fingerprint density at radius 2 is 0.810 bits per heavy atom. The van der Waals surface area contributed by atoms with Gasteiger partial charge >= 0.3 is 11.4 Å². The Labute approximate surface area is 288 Å². The number of benzene rings is 2. The summed E-state index contributed by atoms with van der Waals surface area (Å²) in [4.78, 5) is 22.4. The van der Waals surface area contributed by atoms with E-state index in [9.17, 15) is 0 Å². The highest BCUT2D eigenvalue weighted by atomic mass is 35.8. The van der Waals surface area contributed by atoms with Crippen molar-refractivity contribution in [1.29, 1.82) is 0 Å². The number of nitrogens with zero attached hydrogens (tertiary/aromatic N) is 6. The molecule has 4 aromatic rings. The highest BCUT2D eigenvalue weighted by molar-refractivity contribution is 7.54. The van der Waals surface area contributed by atoms with Crippen molar-refractivity contribution < 1.29 is 0 Å². The molecule has 2 aliphatic carbocycles. The molecule has 0 saturated heterocycles. The van der Waals surface area contributed by atoms with Gasteiger partial charge in [-0.15, -0.1) is 0 Å². The first-order valence-corrected chi connectivity index (χ1v) is 19.6. The quantitative estimate of drug-likeness (QED) is 0.181. The Kier molecular flexibility index (Phi) is 17.5. The largest absolute Gasteiger partial charge is 0.643 e. The summed E-state index contributed by atoms with van der Waals surface area (Å²) < 4.78 is 0. The maximum atomic E-state index is 5.80. The van der Waals surface area contributed by atoms with E-state index in [1.165, 1.54) is 49.7 Å². The van der Waals surface area contributed by atoms with E-state index in [1.54, 1.807) is 11.1 Å². The number of fused-ring (bicyclic) bond motifs is 2. The monoisotopic (exact) mass is 742 g/mol. The highest BCUT2D eigenvalue weighted by Gasteiger charge is 2.12. The van der Waals surface area contributed by atoms with Crippen LogP contribution in [0.3, 0.4) is 0 Å². The van der Waals surface area contributed by atoms with Gasteiger partial charge in [-0.05, 0) is 138 Å². The van der Waals surface area contributed by atoms with E-state index in [2.05, 4.69) is 66.3 Å². The minimum absolute atomic E-state index is 0. The van der Waals surface area contributed by atoms with Gasteiger partial charge < -0.3 is 0 Å². The molecular weight excluding hydrogens is 719 g/mol. The Bertz CT molecular complexity index is 1330. The van der Waals surface area contributed by atoms with E-state index in [0.29, 0.717) is 5.82 Å². The van der Waals surface area contributed by atoms with Gasteiger partial charge in [0.05, 0.1) is 0 Å². The average Bonchev–Trinajstić information content (AvgIpc) is 2.92. The summed E-state index contributed by atoms with van der Waals surface area (Å²) in [6.07, 6.45) is 10.2. The van der Waals surface area contributed by atoms with E-state index < -0.39 is 11.4 Å². The molecule has 6 rings (SSSR count). The van der Waals surface area contributed by atoms with Crippen LogP contribution in [0.25, 0.3) is 11.4 Å². The first kappa shape index (κ1) is 37.5. The first-order chi connectivity index (χ1) is 19.6. The van der Waals surface area contributed by atoms with Gasteiger partial charge in [-0.25, -0.2) is 30.1 Å². The molecule has 2 heterocycles. The van der Waals surface area contributed by atoms with E-state index in [-0.39, 0.29) is 33.8 Å². The standard InChI is InChI=1S/C13H11Cl2N3.C10H12.C3Cl3N3.CH4.Al.3ClH/c14-12-16-11(17-13(15)18-12)10-6-5-8-3-1-2-4-9(8)7-10;1-2-6-10-8-4-3-7-9(10)5-1;4-1-7-2(5)9-3(6)8-1;;;;;/h5-7H,1-4H2;1-2,5-6H,3-4,7-8H2;;1H4;;3*1H/q;;;;+3;;;/p-3. The van der Waals surface area contributed by atoms with Crippen molar-refractivity contribution in [3.05, 3.63) is 91.1 Å². The molecule has 0 saturated carbocycles. The van der Waals surface area contributed by atoms with Crippen LogP contribution >= 0.6 is 88.2 Å². The molecule has 0 unspecified atom stereocenters. The number of halogens is 8. The molecule has 0 fully saturated rings. The lowest BCUT2D eigenvalue weighted by molar-refractivity contribution is 0.685. The minimum atomic E-state index is -1.72. The van der Waals surface area contributed by atoms with Crippen molar-refractivity contribution in [3.8, 4) is 11.4 Å². The number of aromatic nitrogens is 6. The summed E-state index contributed by atoms with van der Waals surface area (Å²) in [5.74, 6) is 0.536. The molecule has 2 aromatic carbocycles. The van der Waals surface area contributed by atoms with Gasteiger partial charge in [0, 0.05) is 5.56 Å². The minimum Gasteiger partial charge on any atom is -0.214 e. The van der Waals surface area contributed by atoms with Crippen LogP contribution in [0, 0.1) is 0 Å². The maximum absolute atomic E-state index is 5.80. The van der Waals surface area contributed by atoms with Crippen LogP contribution in [0.1, 0.15) is 55.4 Å². The summed E-state index contributed by atoms with van der Waals surface area (Å²) in [5.41, 5.74) is 6.91. The second-order valence-corrected chi connectivity index (χ2v) is 16.9. The van der Waals surface area contributed by atoms with E-state index in [0.717, 1.165) is 18.4 Å². The summed E-state index contributed by atoms with van der Waals surface area (Å²) in [6.45, 7) is 0. The van der Waals surface area contributed by atoms with Crippen LogP contribution < -0.4 is 0 Å². The van der Waals surface area contributed by atoms with Gasteiger partial charge in [-0.1, -0.05) is 43.8 Å². The van der Waals surface area contributed by atoms with E-state index in [1.807, 2.05) is 6.07 Å².